The molecule has 0 radical (unpaired) electrons. The lowest BCUT2D eigenvalue weighted by atomic mass is 10.2. The summed E-state index contributed by atoms with van der Waals surface area (Å²) < 4.78 is 25.5. The third kappa shape index (κ3) is 3.87. The van der Waals surface area contributed by atoms with E-state index in [1.165, 1.54) is 4.31 Å². The molecule has 0 aromatic rings. The predicted molar refractivity (Wildman–Crippen MR) is 81.3 cm³/mol. The van der Waals surface area contributed by atoms with Crippen LogP contribution in [-0.2, 0) is 14.8 Å². The van der Waals surface area contributed by atoms with Gasteiger partial charge >= 0.3 is 0 Å². The van der Waals surface area contributed by atoms with E-state index in [0.29, 0.717) is 32.6 Å². The first-order chi connectivity index (χ1) is 9.54. The predicted octanol–water partition coefficient (Wildman–Crippen LogP) is -0.425. The van der Waals surface area contributed by atoms with E-state index in [4.69, 9.17) is 0 Å². The summed E-state index contributed by atoms with van der Waals surface area (Å²) in [6.45, 7) is 4.59. The Balaban J connectivity index is 1.86. The minimum atomic E-state index is -3.13. The molecule has 2 aliphatic heterocycles. The molecule has 1 unspecified atom stereocenters. The van der Waals surface area contributed by atoms with Gasteiger partial charge in [0.05, 0.1) is 11.8 Å². The summed E-state index contributed by atoms with van der Waals surface area (Å²) in [6.07, 6.45) is 0.630. The zero-order valence-corrected chi connectivity index (χ0v) is 13.5. The Morgan fingerprint density at radius 3 is 2.55 bits per heavy atom. The van der Waals surface area contributed by atoms with Gasteiger partial charge in [0.2, 0.25) is 15.9 Å². The van der Waals surface area contributed by atoms with Crippen LogP contribution < -0.4 is 5.32 Å². The second-order valence-corrected chi connectivity index (χ2v) is 8.36. The normalized spacial score (nSPS) is 25.6. The molecule has 2 rings (SSSR count). The summed E-state index contributed by atoms with van der Waals surface area (Å²) in [7, 11) is -3.13. The van der Waals surface area contributed by atoms with Crippen LogP contribution in [0, 0.1) is 0 Å². The number of rotatable bonds is 4. The average molecular weight is 321 g/mol. The molecule has 1 N–H and O–H groups in total. The van der Waals surface area contributed by atoms with Crippen LogP contribution in [0.3, 0.4) is 0 Å². The van der Waals surface area contributed by atoms with Gasteiger partial charge in [-0.2, -0.15) is 16.1 Å². The highest BCUT2D eigenvalue weighted by molar-refractivity contribution is 7.99. The van der Waals surface area contributed by atoms with Gasteiger partial charge in [-0.3, -0.25) is 4.79 Å². The molecule has 8 heteroatoms. The maximum atomic E-state index is 12.3. The van der Waals surface area contributed by atoms with Crippen LogP contribution in [0.15, 0.2) is 0 Å². The first-order valence-electron chi connectivity index (χ1n) is 7.12. The number of amides is 1. The van der Waals surface area contributed by atoms with E-state index in [1.807, 2.05) is 6.92 Å². The van der Waals surface area contributed by atoms with Gasteiger partial charge in [0, 0.05) is 44.2 Å². The van der Waals surface area contributed by atoms with Crippen molar-refractivity contribution in [1.82, 2.24) is 14.5 Å². The highest BCUT2D eigenvalue weighted by Gasteiger charge is 2.31. The summed E-state index contributed by atoms with van der Waals surface area (Å²) in [5.41, 5.74) is 0. The van der Waals surface area contributed by atoms with Gasteiger partial charge in [-0.1, -0.05) is 6.92 Å². The van der Waals surface area contributed by atoms with Crippen LogP contribution in [0.5, 0.6) is 0 Å². The largest absolute Gasteiger partial charge is 0.339 e. The molecule has 0 saturated carbocycles. The van der Waals surface area contributed by atoms with Crippen LogP contribution in [0.1, 0.15) is 13.3 Å². The first-order valence-corrected chi connectivity index (χ1v) is 9.88. The van der Waals surface area contributed by atoms with Crippen LogP contribution in [0.2, 0.25) is 0 Å². The fraction of sp³-hybridized carbons (Fsp3) is 0.917. The maximum absolute atomic E-state index is 12.3. The molecule has 0 spiro atoms. The molecule has 6 nitrogen and oxygen atoms in total. The quantitative estimate of drug-likeness (QED) is 0.761. The highest BCUT2D eigenvalue weighted by Crippen LogP contribution is 2.13. The molecule has 2 fully saturated rings. The van der Waals surface area contributed by atoms with E-state index in [0.717, 1.165) is 18.1 Å². The van der Waals surface area contributed by atoms with Crippen LogP contribution in [-0.4, -0.2) is 79.6 Å². The standard InChI is InChI=1S/C12H23N3O3S2/c1-2-9-20(17,18)15-6-4-14(5-7-15)12(16)11-10-19-8-3-13-11/h11,13H,2-10H2,1H3. The fourth-order valence-corrected chi connectivity index (χ4v) is 4.94. The van der Waals surface area contributed by atoms with E-state index in [9.17, 15) is 13.2 Å². The van der Waals surface area contributed by atoms with Gasteiger partial charge < -0.3 is 10.2 Å². The maximum Gasteiger partial charge on any atom is 0.240 e. The minimum absolute atomic E-state index is 0.104. The Labute approximate surface area is 125 Å². The van der Waals surface area contributed by atoms with Gasteiger partial charge in [-0.05, 0) is 6.42 Å². The summed E-state index contributed by atoms with van der Waals surface area (Å²) in [5, 5.41) is 3.23. The van der Waals surface area contributed by atoms with E-state index < -0.39 is 10.0 Å². The Hall–Kier alpha value is -0.310. The summed E-state index contributed by atoms with van der Waals surface area (Å²) in [6, 6.07) is -0.104. The molecule has 0 aromatic carbocycles. The van der Waals surface area contributed by atoms with Crippen LogP contribution in [0.25, 0.3) is 0 Å². The van der Waals surface area contributed by atoms with Crippen molar-refractivity contribution in [3.05, 3.63) is 0 Å². The molecular formula is C12H23N3O3S2. The monoisotopic (exact) mass is 321 g/mol. The van der Waals surface area contributed by atoms with Crippen molar-refractivity contribution in [2.24, 2.45) is 0 Å². The van der Waals surface area contributed by atoms with Crippen molar-refractivity contribution < 1.29 is 13.2 Å². The van der Waals surface area contributed by atoms with Crippen molar-refractivity contribution in [2.45, 2.75) is 19.4 Å². The van der Waals surface area contributed by atoms with E-state index in [-0.39, 0.29) is 17.7 Å². The molecule has 2 saturated heterocycles. The Bertz CT molecular complexity index is 427. The number of sulfonamides is 1. The average Bonchev–Trinajstić information content (AvgIpc) is 2.47. The number of nitrogens with zero attached hydrogens (tertiary/aromatic N) is 2. The number of hydrogen-bond acceptors (Lipinski definition) is 5. The topological polar surface area (TPSA) is 69.7 Å². The third-order valence-electron chi connectivity index (χ3n) is 3.63. The molecule has 116 valence electrons. The van der Waals surface area contributed by atoms with Crippen molar-refractivity contribution >= 4 is 27.7 Å². The van der Waals surface area contributed by atoms with E-state index >= 15 is 0 Å². The van der Waals surface area contributed by atoms with Crippen LogP contribution in [0.4, 0.5) is 0 Å². The van der Waals surface area contributed by atoms with Crippen molar-refractivity contribution in [3.8, 4) is 0 Å². The molecule has 20 heavy (non-hydrogen) atoms. The number of carbonyl (C=O) groups excluding carboxylic acids is 1. The van der Waals surface area contributed by atoms with Gasteiger partial charge in [0.25, 0.3) is 0 Å². The molecule has 0 aromatic heterocycles. The Kier molecular flexibility index (Phi) is 5.71. The van der Waals surface area contributed by atoms with Crippen molar-refractivity contribution in [2.75, 3.05) is 50.0 Å². The molecule has 1 amide bonds. The zero-order chi connectivity index (χ0) is 14.6. The lowest BCUT2D eigenvalue weighted by molar-refractivity contribution is -0.134. The number of thioether (sulfide) groups is 1. The zero-order valence-electron chi connectivity index (χ0n) is 11.9. The third-order valence-corrected chi connectivity index (χ3v) is 6.76. The second kappa shape index (κ2) is 7.11. The lowest BCUT2D eigenvalue weighted by Crippen LogP contribution is -2.56. The second-order valence-electron chi connectivity index (χ2n) is 5.12. The molecule has 0 aliphatic carbocycles. The molecule has 1 atom stereocenters. The van der Waals surface area contributed by atoms with Gasteiger partial charge in [0.1, 0.15) is 0 Å². The summed E-state index contributed by atoms with van der Waals surface area (Å²) in [4.78, 5) is 14.1. The molecule has 0 bridgehead atoms. The smallest absolute Gasteiger partial charge is 0.240 e. The van der Waals surface area contributed by atoms with Crippen molar-refractivity contribution in [1.29, 1.82) is 0 Å². The SMILES string of the molecule is CCCS(=O)(=O)N1CCN(C(=O)C2CSCCN2)CC1. The fourth-order valence-electron chi connectivity index (χ4n) is 2.52. The Morgan fingerprint density at radius 1 is 1.30 bits per heavy atom. The number of nitrogens with one attached hydrogen (secondary N) is 1. The lowest BCUT2D eigenvalue weighted by Gasteiger charge is -2.36. The van der Waals surface area contributed by atoms with Crippen LogP contribution >= 0.6 is 11.8 Å². The molecular weight excluding hydrogens is 298 g/mol. The molecule has 2 aliphatic rings. The number of piperazine rings is 1. The van der Waals surface area contributed by atoms with Gasteiger partial charge in [-0.15, -0.1) is 0 Å². The van der Waals surface area contributed by atoms with Crippen molar-refractivity contribution in [3.63, 3.8) is 0 Å². The first kappa shape index (κ1) is 16.1. The number of hydrogen-bond donors (Lipinski definition) is 1. The highest BCUT2D eigenvalue weighted by atomic mass is 32.2. The Morgan fingerprint density at radius 2 is 2.00 bits per heavy atom. The summed E-state index contributed by atoms with van der Waals surface area (Å²) >= 11 is 1.79. The molecule has 2 heterocycles. The number of carbonyl (C=O) groups is 1. The summed E-state index contributed by atoms with van der Waals surface area (Å²) in [5.74, 6) is 2.17. The van der Waals surface area contributed by atoms with Gasteiger partial charge in [-0.25, -0.2) is 8.42 Å². The van der Waals surface area contributed by atoms with Gasteiger partial charge in [0.15, 0.2) is 0 Å². The minimum Gasteiger partial charge on any atom is -0.339 e. The van der Waals surface area contributed by atoms with E-state index in [1.54, 1.807) is 16.7 Å². The van der Waals surface area contributed by atoms with E-state index in [2.05, 4.69) is 5.32 Å².